The number of benzene rings is 3. The molecule has 1 atom stereocenters. The number of hydrogen-bond donors (Lipinski definition) is 0. The SMILES string of the molecule is CCCN(C(=O)c1ccccc1)C(CC)c1nc2ccccc2c(=O)n1-c1ccc(CC)cc1. The van der Waals surface area contributed by atoms with E-state index in [9.17, 15) is 9.59 Å². The van der Waals surface area contributed by atoms with E-state index in [2.05, 4.69) is 13.8 Å². The van der Waals surface area contributed by atoms with Gasteiger partial charge in [-0.3, -0.25) is 14.2 Å². The van der Waals surface area contributed by atoms with Crippen LogP contribution in [0.15, 0.2) is 83.7 Å². The fourth-order valence-electron chi connectivity index (χ4n) is 4.43. The molecule has 0 aliphatic carbocycles. The largest absolute Gasteiger partial charge is 0.328 e. The highest BCUT2D eigenvalue weighted by Crippen LogP contribution is 2.28. The molecule has 0 spiro atoms. The lowest BCUT2D eigenvalue weighted by Crippen LogP contribution is -2.39. The van der Waals surface area contributed by atoms with Gasteiger partial charge in [0.05, 0.1) is 22.6 Å². The molecule has 34 heavy (non-hydrogen) atoms. The third-order valence-corrected chi connectivity index (χ3v) is 6.21. The Labute approximate surface area is 200 Å². The molecule has 0 aliphatic heterocycles. The molecule has 0 radical (unpaired) electrons. The number of hydrogen-bond acceptors (Lipinski definition) is 3. The first kappa shape index (κ1) is 23.4. The van der Waals surface area contributed by atoms with Crippen molar-refractivity contribution in [1.29, 1.82) is 0 Å². The molecule has 0 fully saturated rings. The van der Waals surface area contributed by atoms with Crippen LogP contribution in [0, 0.1) is 0 Å². The van der Waals surface area contributed by atoms with Crippen molar-refractivity contribution >= 4 is 16.8 Å². The molecule has 1 heterocycles. The van der Waals surface area contributed by atoms with Gasteiger partial charge < -0.3 is 4.90 Å². The topological polar surface area (TPSA) is 55.2 Å². The quantitative estimate of drug-likeness (QED) is 0.331. The standard InChI is InChI=1S/C29H31N3O2/c1-4-20-31(28(33)22-12-8-7-9-13-22)26(6-3)27-30-25-15-11-10-14-24(25)29(34)32(27)23-18-16-21(5-2)17-19-23/h7-19,26H,4-6,20H2,1-3H3. The van der Waals surface area contributed by atoms with Gasteiger partial charge in [0.1, 0.15) is 5.82 Å². The maximum Gasteiger partial charge on any atom is 0.266 e. The van der Waals surface area contributed by atoms with E-state index >= 15 is 0 Å². The fraction of sp³-hybridized carbons (Fsp3) is 0.276. The molecule has 5 heteroatoms. The van der Waals surface area contributed by atoms with Crippen LogP contribution in [-0.4, -0.2) is 26.9 Å². The third kappa shape index (κ3) is 4.51. The zero-order chi connectivity index (χ0) is 24.1. The van der Waals surface area contributed by atoms with Gasteiger partial charge in [0, 0.05) is 12.1 Å². The van der Waals surface area contributed by atoms with Crippen LogP contribution in [0.25, 0.3) is 16.6 Å². The molecule has 4 rings (SSSR count). The van der Waals surface area contributed by atoms with E-state index in [1.54, 1.807) is 4.57 Å². The summed E-state index contributed by atoms with van der Waals surface area (Å²) in [6, 6.07) is 24.4. The second-order valence-electron chi connectivity index (χ2n) is 8.44. The Kier molecular flexibility index (Phi) is 7.21. The number of aryl methyl sites for hydroxylation is 1. The summed E-state index contributed by atoms with van der Waals surface area (Å²) in [4.78, 5) is 34.2. The molecule has 1 unspecified atom stereocenters. The number of fused-ring (bicyclic) bond motifs is 1. The molecule has 0 bridgehead atoms. The number of carbonyl (C=O) groups excluding carboxylic acids is 1. The van der Waals surface area contributed by atoms with Crippen LogP contribution in [0.1, 0.15) is 61.4 Å². The highest BCUT2D eigenvalue weighted by molar-refractivity contribution is 5.94. The predicted molar refractivity (Wildman–Crippen MR) is 138 cm³/mol. The van der Waals surface area contributed by atoms with Crippen LogP contribution in [0.2, 0.25) is 0 Å². The summed E-state index contributed by atoms with van der Waals surface area (Å²) in [7, 11) is 0. The molecule has 3 aromatic carbocycles. The summed E-state index contributed by atoms with van der Waals surface area (Å²) in [6.07, 6.45) is 2.36. The Morgan fingerprint density at radius 1 is 0.912 bits per heavy atom. The predicted octanol–water partition coefficient (Wildman–Crippen LogP) is 5.95. The minimum absolute atomic E-state index is 0.0513. The number of amides is 1. The minimum atomic E-state index is -0.351. The number of nitrogens with zero attached hydrogens (tertiary/aromatic N) is 3. The van der Waals surface area contributed by atoms with Crippen molar-refractivity contribution < 1.29 is 4.79 Å². The van der Waals surface area contributed by atoms with E-state index in [1.165, 1.54) is 5.56 Å². The summed E-state index contributed by atoms with van der Waals surface area (Å²) in [5.74, 6) is 0.540. The Hall–Kier alpha value is -3.73. The Morgan fingerprint density at radius 2 is 1.59 bits per heavy atom. The van der Waals surface area contributed by atoms with Gasteiger partial charge in [0.15, 0.2) is 0 Å². The van der Waals surface area contributed by atoms with Gasteiger partial charge in [-0.15, -0.1) is 0 Å². The molecule has 4 aromatic rings. The molecular weight excluding hydrogens is 422 g/mol. The van der Waals surface area contributed by atoms with E-state index in [0.29, 0.717) is 35.3 Å². The average Bonchev–Trinajstić information content (AvgIpc) is 2.89. The molecular formula is C29H31N3O2. The molecule has 0 saturated carbocycles. The monoisotopic (exact) mass is 453 g/mol. The first-order valence-electron chi connectivity index (χ1n) is 12.1. The lowest BCUT2D eigenvalue weighted by Gasteiger charge is -2.32. The van der Waals surface area contributed by atoms with Gasteiger partial charge in [-0.05, 0) is 61.2 Å². The van der Waals surface area contributed by atoms with E-state index in [0.717, 1.165) is 18.5 Å². The van der Waals surface area contributed by atoms with Crippen LogP contribution in [0.5, 0.6) is 0 Å². The number of carbonyl (C=O) groups is 1. The van der Waals surface area contributed by atoms with Crippen LogP contribution >= 0.6 is 0 Å². The van der Waals surface area contributed by atoms with Gasteiger partial charge in [-0.1, -0.05) is 63.2 Å². The van der Waals surface area contributed by atoms with E-state index in [4.69, 9.17) is 4.98 Å². The van der Waals surface area contributed by atoms with Gasteiger partial charge in [-0.25, -0.2) is 4.98 Å². The number of rotatable bonds is 8. The van der Waals surface area contributed by atoms with Crippen molar-refractivity contribution in [1.82, 2.24) is 14.5 Å². The van der Waals surface area contributed by atoms with Crippen LogP contribution in [-0.2, 0) is 6.42 Å². The third-order valence-electron chi connectivity index (χ3n) is 6.21. The average molecular weight is 454 g/mol. The first-order chi connectivity index (χ1) is 16.6. The Balaban J connectivity index is 1.94. The summed E-state index contributed by atoms with van der Waals surface area (Å²) in [5, 5.41) is 0.567. The maximum absolute atomic E-state index is 13.8. The lowest BCUT2D eigenvalue weighted by atomic mass is 10.1. The summed E-state index contributed by atoms with van der Waals surface area (Å²) in [5.41, 5.74) is 3.12. The van der Waals surface area contributed by atoms with Crippen molar-refractivity contribution in [3.63, 3.8) is 0 Å². The summed E-state index contributed by atoms with van der Waals surface area (Å²) < 4.78 is 1.69. The molecule has 1 amide bonds. The molecule has 0 saturated heterocycles. The van der Waals surface area contributed by atoms with Crippen LogP contribution in [0.3, 0.4) is 0 Å². The number of para-hydroxylation sites is 1. The minimum Gasteiger partial charge on any atom is -0.328 e. The maximum atomic E-state index is 13.8. The zero-order valence-corrected chi connectivity index (χ0v) is 20.1. The van der Waals surface area contributed by atoms with Gasteiger partial charge in [0.2, 0.25) is 0 Å². The van der Waals surface area contributed by atoms with Crippen molar-refractivity contribution in [2.75, 3.05) is 6.54 Å². The van der Waals surface area contributed by atoms with E-state index in [1.807, 2.05) is 90.7 Å². The summed E-state index contributed by atoms with van der Waals surface area (Å²) in [6.45, 7) is 6.78. The van der Waals surface area contributed by atoms with E-state index < -0.39 is 0 Å². The molecule has 1 aromatic heterocycles. The Morgan fingerprint density at radius 3 is 2.24 bits per heavy atom. The van der Waals surface area contributed by atoms with Gasteiger partial charge in [0.25, 0.3) is 11.5 Å². The van der Waals surface area contributed by atoms with Crippen molar-refractivity contribution in [2.45, 2.75) is 46.1 Å². The van der Waals surface area contributed by atoms with E-state index in [-0.39, 0.29) is 17.5 Å². The first-order valence-corrected chi connectivity index (χ1v) is 12.1. The molecule has 0 N–H and O–H groups in total. The highest BCUT2D eigenvalue weighted by Gasteiger charge is 2.29. The highest BCUT2D eigenvalue weighted by atomic mass is 16.2. The van der Waals surface area contributed by atoms with Crippen molar-refractivity contribution in [2.24, 2.45) is 0 Å². The van der Waals surface area contributed by atoms with Gasteiger partial charge in [-0.2, -0.15) is 0 Å². The Bertz CT molecular complexity index is 1330. The second-order valence-corrected chi connectivity index (χ2v) is 8.44. The fourth-order valence-corrected chi connectivity index (χ4v) is 4.43. The normalized spacial score (nSPS) is 12.0. The van der Waals surface area contributed by atoms with Gasteiger partial charge >= 0.3 is 0 Å². The smallest absolute Gasteiger partial charge is 0.266 e. The molecule has 174 valence electrons. The lowest BCUT2D eigenvalue weighted by molar-refractivity contribution is 0.0659. The zero-order valence-electron chi connectivity index (χ0n) is 20.1. The van der Waals surface area contributed by atoms with Crippen LogP contribution in [0.4, 0.5) is 0 Å². The molecule has 0 aliphatic rings. The van der Waals surface area contributed by atoms with Crippen LogP contribution < -0.4 is 5.56 Å². The molecule has 5 nitrogen and oxygen atoms in total. The second kappa shape index (κ2) is 10.5. The summed E-state index contributed by atoms with van der Waals surface area (Å²) >= 11 is 0. The van der Waals surface area contributed by atoms with Crippen molar-refractivity contribution in [3.05, 3.63) is 106 Å². The number of aromatic nitrogens is 2. The van der Waals surface area contributed by atoms with Crippen molar-refractivity contribution in [3.8, 4) is 5.69 Å².